The zero-order valence-corrected chi connectivity index (χ0v) is 15.4. The summed E-state index contributed by atoms with van der Waals surface area (Å²) in [5.41, 5.74) is 2.61. The van der Waals surface area contributed by atoms with E-state index in [2.05, 4.69) is 21.3 Å². The Labute approximate surface area is 150 Å². The number of carbonyl (C=O) groups is 1. The second kappa shape index (κ2) is 7.37. The van der Waals surface area contributed by atoms with Crippen LogP contribution in [0.2, 0.25) is 0 Å². The van der Waals surface area contributed by atoms with Crippen molar-refractivity contribution in [1.29, 1.82) is 0 Å². The lowest BCUT2D eigenvalue weighted by Gasteiger charge is -2.23. The first-order valence-electron chi connectivity index (χ1n) is 8.19. The highest BCUT2D eigenvalue weighted by Gasteiger charge is 2.18. The van der Waals surface area contributed by atoms with Gasteiger partial charge >= 0.3 is 0 Å². The number of aryl methyl sites for hydroxylation is 1. The van der Waals surface area contributed by atoms with Crippen LogP contribution in [0.3, 0.4) is 0 Å². The summed E-state index contributed by atoms with van der Waals surface area (Å²) in [6, 6.07) is 8.85. The highest BCUT2D eigenvalue weighted by atomic mass is 32.1. The smallest absolute Gasteiger partial charge is 0.224 e. The highest BCUT2D eigenvalue weighted by molar-refractivity contribution is 7.10. The summed E-state index contributed by atoms with van der Waals surface area (Å²) in [6.07, 6.45) is 0.236. The van der Waals surface area contributed by atoms with Crippen molar-refractivity contribution in [1.82, 2.24) is 15.2 Å². The molecule has 6 heteroatoms. The van der Waals surface area contributed by atoms with Gasteiger partial charge in [0.25, 0.3) is 0 Å². The molecule has 0 aliphatic carbocycles. The summed E-state index contributed by atoms with van der Waals surface area (Å²) in [5.74, 6) is -0.352. The molecule has 4 nitrogen and oxygen atoms in total. The third-order valence-corrected chi connectivity index (χ3v) is 5.38. The van der Waals surface area contributed by atoms with Crippen LogP contribution in [0.1, 0.15) is 22.2 Å². The Morgan fingerprint density at radius 3 is 2.84 bits per heavy atom. The lowest BCUT2D eigenvalue weighted by atomic mass is 10.1. The maximum Gasteiger partial charge on any atom is 0.224 e. The molecule has 25 heavy (non-hydrogen) atoms. The molecule has 0 aliphatic heterocycles. The van der Waals surface area contributed by atoms with Crippen LogP contribution < -0.4 is 5.32 Å². The Bertz CT molecular complexity index is 870. The van der Waals surface area contributed by atoms with Gasteiger partial charge in [0.15, 0.2) is 0 Å². The first-order valence-corrected chi connectivity index (χ1v) is 9.07. The standard InChI is InChI=1S/C19H22FN3OS/c1-12-14(15-9-13(20)6-7-16(15)22-12)10-19(24)21-11-17(23(2)3)18-5-4-8-25-18/h4-9,17,22H,10-11H2,1-3H3,(H,21,24). The van der Waals surface area contributed by atoms with E-state index in [-0.39, 0.29) is 24.2 Å². The minimum atomic E-state index is -0.293. The summed E-state index contributed by atoms with van der Waals surface area (Å²) in [7, 11) is 4.01. The summed E-state index contributed by atoms with van der Waals surface area (Å²) >= 11 is 1.68. The van der Waals surface area contributed by atoms with Crippen LogP contribution in [0.4, 0.5) is 4.39 Å². The normalized spacial score (nSPS) is 12.7. The monoisotopic (exact) mass is 359 g/mol. The zero-order chi connectivity index (χ0) is 18.0. The van der Waals surface area contributed by atoms with Crippen molar-refractivity contribution in [3.05, 3.63) is 57.7 Å². The third-order valence-electron chi connectivity index (χ3n) is 4.41. The third kappa shape index (κ3) is 3.91. The molecule has 1 amide bonds. The summed E-state index contributed by atoms with van der Waals surface area (Å²) in [4.78, 5) is 19.0. The maximum absolute atomic E-state index is 13.5. The molecule has 1 aromatic carbocycles. The van der Waals surface area contributed by atoms with E-state index in [1.807, 2.05) is 32.5 Å². The minimum Gasteiger partial charge on any atom is -0.358 e. The molecule has 0 radical (unpaired) electrons. The summed E-state index contributed by atoms with van der Waals surface area (Å²) in [5, 5.41) is 5.83. The topological polar surface area (TPSA) is 48.1 Å². The number of carbonyl (C=O) groups excluding carboxylic acids is 1. The van der Waals surface area contributed by atoms with Crippen LogP contribution in [-0.4, -0.2) is 36.4 Å². The molecule has 1 unspecified atom stereocenters. The molecular formula is C19H22FN3OS. The van der Waals surface area contributed by atoms with Crippen LogP contribution in [0.25, 0.3) is 10.9 Å². The highest BCUT2D eigenvalue weighted by Crippen LogP contribution is 2.24. The number of aromatic amines is 1. The van der Waals surface area contributed by atoms with E-state index in [1.54, 1.807) is 17.4 Å². The first-order chi connectivity index (χ1) is 12.0. The SMILES string of the molecule is Cc1[nH]c2ccc(F)cc2c1CC(=O)NCC(c1cccs1)N(C)C. The van der Waals surface area contributed by atoms with Gasteiger partial charge in [-0.15, -0.1) is 11.3 Å². The number of hydrogen-bond donors (Lipinski definition) is 2. The Balaban J connectivity index is 1.70. The molecule has 3 aromatic rings. The number of benzene rings is 1. The van der Waals surface area contributed by atoms with Gasteiger partial charge in [-0.25, -0.2) is 4.39 Å². The molecule has 2 aromatic heterocycles. The average molecular weight is 359 g/mol. The van der Waals surface area contributed by atoms with Crippen molar-refractivity contribution in [3.63, 3.8) is 0 Å². The number of amides is 1. The van der Waals surface area contributed by atoms with E-state index < -0.39 is 0 Å². The number of H-pyrrole nitrogens is 1. The summed E-state index contributed by atoms with van der Waals surface area (Å²) in [6.45, 7) is 2.46. The molecule has 0 fully saturated rings. The number of nitrogens with zero attached hydrogens (tertiary/aromatic N) is 1. The molecule has 2 heterocycles. The van der Waals surface area contributed by atoms with E-state index in [0.29, 0.717) is 6.54 Å². The number of thiophene rings is 1. The number of fused-ring (bicyclic) bond motifs is 1. The Hall–Kier alpha value is -2.18. The summed E-state index contributed by atoms with van der Waals surface area (Å²) < 4.78 is 13.5. The molecule has 2 N–H and O–H groups in total. The molecule has 132 valence electrons. The number of nitrogens with one attached hydrogen (secondary N) is 2. The Morgan fingerprint density at radius 1 is 1.36 bits per heavy atom. The average Bonchev–Trinajstić information content (AvgIpc) is 3.17. The quantitative estimate of drug-likeness (QED) is 0.706. The first kappa shape index (κ1) is 17.6. The number of halogens is 1. The lowest BCUT2D eigenvalue weighted by Crippen LogP contribution is -2.35. The van der Waals surface area contributed by atoms with E-state index in [4.69, 9.17) is 0 Å². The molecule has 0 spiro atoms. The minimum absolute atomic E-state index is 0.0586. The van der Waals surface area contributed by atoms with Crippen molar-refractivity contribution in [2.24, 2.45) is 0 Å². The van der Waals surface area contributed by atoms with Crippen molar-refractivity contribution in [3.8, 4) is 0 Å². The maximum atomic E-state index is 13.5. The van der Waals surface area contributed by atoms with Gasteiger partial charge in [-0.3, -0.25) is 4.79 Å². The van der Waals surface area contributed by atoms with E-state index in [0.717, 1.165) is 22.2 Å². The van der Waals surface area contributed by atoms with Crippen LogP contribution in [-0.2, 0) is 11.2 Å². The van der Waals surface area contributed by atoms with Gasteiger partial charge in [-0.05, 0) is 56.2 Å². The van der Waals surface area contributed by atoms with Crippen LogP contribution >= 0.6 is 11.3 Å². The Morgan fingerprint density at radius 2 is 2.16 bits per heavy atom. The predicted molar refractivity (Wildman–Crippen MR) is 100 cm³/mol. The molecule has 0 saturated heterocycles. The molecule has 0 bridgehead atoms. The number of aromatic nitrogens is 1. The van der Waals surface area contributed by atoms with Crippen LogP contribution in [0.5, 0.6) is 0 Å². The van der Waals surface area contributed by atoms with Gasteiger partial charge in [0.1, 0.15) is 5.82 Å². The number of rotatable bonds is 6. The Kier molecular flexibility index (Phi) is 5.20. The van der Waals surface area contributed by atoms with Gasteiger partial charge in [0.2, 0.25) is 5.91 Å². The second-order valence-corrected chi connectivity index (χ2v) is 7.37. The largest absolute Gasteiger partial charge is 0.358 e. The van der Waals surface area contributed by atoms with Crippen molar-refractivity contribution in [2.45, 2.75) is 19.4 Å². The van der Waals surface area contributed by atoms with Gasteiger partial charge < -0.3 is 15.2 Å². The molecular weight excluding hydrogens is 337 g/mol. The van der Waals surface area contributed by atoms with Crippen molar-refractivity contribution in [2.75, 3.05) is 20.6 Å². The van der Waals surface area contributed by atoms with Crippen LogP contribution in [0, 0.1) is 12.7 Å². The molecule has 0 aliphatic rings. The fourth-order valence-corrected chi connectivity index (χ4v) is 3.96. The van der Waals surface area contributed by atoms with Crippen LogP contribution in [0.15, 0.2) is 35.7 Å². The van der Waals surface area contributed by atoms with E-state index >= 15 is 0 Å². The predicted octanol–water partition coefficient (Wildman–Crippen LogP) is 3.64. The van der Waals surface area contributed by atoms with Crippen molar-refractivity contribution >= 4 is 28.1 Å². The number of hydrogen-bond acceptors (Lipinski definition) is 3. The van der Waals surface area contributed by atoms with Gasteiger partial charge in [0.05, 0.1) is 12.5 Å². The lowest BCUT2D eigenvalue weighted by molar-refractivity contribution is -0.120. The fourth-order valence-electron chi connectivity index (χ4n) is 3.03. The van der Waals surface area contributed by atoms with E-state index in [1.165, 1.54) is 17.0 Å². The number of likely N-dealkylation sites (N-methyl/N-ethyl adjacent to an activating group) is 1. The molecule has 0 saturated carbocycles. The second-order valence-electron chi connectivity index (χ2n) is 6.39. The zero-order valence-electron chi connectivity index (χ0n) is 14.6. The van der Waals surface area contributed by atoms with Gasteiger partial charge in [-0.1, -0.05) is 6.07 Å². The van der Waals surface area contributed by atoms with E-state index in [9.17, 15) is 9.18 Å². The van der Waals surface area contributed by atoms with Crippen molar-refractivity contribution < 1.29 is 9.18 Å². The molecule has 1 atom stereocenters. The fraction of sp³-hybridized carbons (Fsp3) is 0.316. The van der Waals surface area contributed by atoms with Gasteiger partial charge in [-0.2, -0.15) is 0 Å². The van der Waals surface area contributed by atoms with Gasteiger partial charge in [0, 0.05) is 28.0 Å². The molecule has 3 rings (SSSR count).